The SMILES string of the molecule is CCCc1nc(N)c(C)c(-c2cc(C#N)ccc2OC)n1. The number of nitrogens with two attached hydrogens (primary N) is 1. The summed E-state index contributed by atoms with van der Waals surface area (Å²) in [5.74, 6) is 1.84. The Balaban J connectivity index is 2.68. The zero-order chi connectivity index (χ0) is 15.4. The van der Waals surface area contributed by atoms with Gasteiger partial charge < -0.3 is 10.5 Å². The topological polar surface area (TPSA) is 84.8 Å². The number of ether oxygens (including phenoxy) is 1. The van der Waals surface area contributed by atoms with Gasteiger partial charge in [0.1, 0.15) is 17.4 Å². The second-order valence-corrected chi connectivity index (χ2v) is 4.78. The van der Waals surface area contributed by atoms with Crippen molar-refractivity contribution < 1.29 is 4.74 Å². The largest absolute Gasteiger partial charge is 0.496 e. The third kappa shape index (κ3) is 2.95. The maximum atomic E-state index is 9.09. The van der Waals surface area contributed by atoms with Crippen molar-refractivity contribution in [1.29, 1.82) is 5.26 Å². The Morgan fingerprint density at radius 2 is 2.10 bits per heavy atom. The van der Waals surface area contributed by atoms with Crippen molar-refractivity contribution in [3.05, 3.63) is 35.2 Å². The van der Waals surface area contributed by atoms with Crippen molar-refractivity contribution in [1.82, 2.24) is 9.97 Å². The number of benzene rings is 1. The predicted octanol–water partition coefficient (Wildman–Crippen LogP) is 2.87. The number of aromatic nitrogens is 2. The first kappa shape index (κ1) is 14.8. The Bertz CT molecular complexity index is 704. The van der Waals surface area contributed by atoms with Gasteiger partial charge in [0.05, 0.1) is 24.4 Å². The lowest BCUT2D eigenvalue weighted by Crippen LogP contribution is -2.05. The molecule has 0 aliphatic heterocycles. The highest BCUT2D eigenvalue weighted by molar-refractivity contribution is 5.74. The number of rotatable bonds is 4. The van der Waals surface area contributed by atoms with Crippen LogP contribution in [0.25, 0.3) is 11.3 Å². The van der Waals surface area contributed by atoms with Crippen molar-refractivity contribution in [2.24, 2.45) is 0 Å². The summed E-state index contributed by atoms with van der Waals surface area (Å²) in [5.41, 5.74) is 8.83. The third-order valence-electron chi connectivity index (χ3n) is 3.29. The zero-order valence-corrected chi connectivity index (χ0v) is 12.5. The van der Waals surface area contributed by atoms with E-state index in [4.69, 9.17) is 15.7 Å². The van der Waals surface area contributed by atoms with Crippen LogP contribution in [0.2, 0.25) is 0 Å². The van der Waals surface area contributed by atoms with Gasteiger partial charge in [0.15, 0.2) is 0 Å². The Morgan fingerprint density at radius 3 is 2.71 bits per heavy atom. The quantitative estimate of drug-likeness (QED) is 0.932. The maximum Gasteiger partial charge on any atom is 0.131 e. The van der Waals surface area contributed by atoms with Crippen LogP contribution in [0, 0.1) is 18.3 Å². The fourth-order valence-electron chi connectivity index (χ4n) is 2.14. The molecule has 108 valence electrons. The van der Waals surface area contributed by atoms with Gasteiger partial charge in [0, 0.05) is 17.5 Å². The minimum absolute atomic E-state index is 0.466. The van der Waals surface area contributed by atoms with Crippen LogP contribution in [0.5, 0.6) is 5.75 Å². The second kappa shape index (κ2) is 6.23. The minimum Gasteiger partial charge on any atom is -0.496 e. The first-order valence-electron chi connectivity index (χ1n) is 6.82. The Morgan fingerprint density at radius 1 is 1.33 bits per heavy atom. The molecule has 0 atom stereocenters. The van der Waals surface area contributed by atoms with E-state index >= 15 is 0 Å². The van der Waals surface area contributed by atoms with Crippen LogP contribution < -0.4 is 10.5 Å². The van der Waals surface area contributed by atoms with E-state index in [0.717, 1.165) is 29.7 Å². The number of nitrogens with zero attached hydrogens (tertiary/aromatic N) is 3. The summed E-state index contributed by atoms with van der Waals surface area (Å²) in [6.45, 7) is 3.94. The van der Waals surface area contributed by atoms with Gasteiger partial charge in [-0.15, -0.1) is 0 Å². The molecule has 0 radical (unpaired) electrons. The summed E-state index contributed by atoms with van der Waals surface area (Å²) in [6.07, 6.45) is 1.70. The molecule has 0 bridgehead atoms. The third-order valence-corrected chi connectivity index (χ3v) is 3.29. The maximum absolute atomic E-state index is 9.09. The van der Waals surface area contributed by atoms with Gasteiger partial charge in [-0.25, -0.2) is 9.97 Å². The molecular formula is C16H18N4O. The van der Waals surface area contributed by atoms with Crippen molar-refractivity contribution in [2.45, 2.75) is 26.7 Å². The minimum atomic E-state index is 0.466. The van der Waals surface area contributed by atoms with E-state index in [2.05, 4.69) is 23.0 Å². The molecular weight excluding hydrogens is 264 g/mol. The molecule has 2 rings (SSSR count). The first-order chi connectivity index (χ1) is 10.1. The van der Waals surface area contributed by atoms with Gasteiger partial charge >= 0.3 is 0 Å². The predicted molar refractivity (Wildman–Crippen MR) is 81.9 cm³/mol. The molecule has 5 heteroatoms. The van der Waals surface area contributed by atoms with Crippen LogP contribution in [-0.4, -0.2) is 17.1 Å². The molecule has 0 saturated carbocycles. The molecule has 0 amide bonds. The van der Waals surface area contributed by atoms with Crippen LogP contribution >= 0.6 is 0 Å². The van der Waals surface area contributed by atoms with Crippen molar-refractivity contribution in [3.8, 4) is 23.1 Å². The smallest absolute Gasteiger partial charge is 0.131 e. The summed E-state index contributed by atoms with van der Waals surface area (Å²) in [5, 5.41) is 9.09. The lowest BCUT2D eigenvalue weighted by Gasteiger charge is -2.13. The lowest BCUT2D eigenvalue weighted by molar-refractivity contribution is 0.416. The Kier molecular flexibility index (Phi) is 4.39. The summed E-state index contributed by atoms with van der Waals surface area (Å²) in [6, 6.07) is 7.39. The molecule has 0 unspecified atom stereocenters. The monoisotopic (exact) mass is 282 g/mol. The average Bonchev–Trinajstić information content (AvgIpc) is 2.50. The van der Waals surface area contributed by atoms with E-state index in [9.17, 15) is 0 Å². The molecule has 1 aromatic carbocycles. The molecule has 5 nitrogen and oxygen atoms in total. The molecule has 2 aromatic rings. The van der Waals surface area contributed by atoms with E-state index in [1.807, 2.05) is 6.92 Å². The van der Waals surface area contributed by atoms with Gasteiger partial charge in [0.2, 0.25) is 0 Å². The highest BCUT2D eigenvalue weighted by Gasteiger charge is 2.15. The summed E-state index contributed by atoms with van der Waals surface area (Å²) in [7, 11) is 1.59. The number of anilines is 1. The highest BCUT2D eigenvalue weighted by atomic mass is 16.5. The number of nitriles is 1. The normalized spacial score (nSPS) is 10.2. The van der Waals surface area contributed by atoms with Crippen LogP contribution in [0.15, 0.2) is 18.2 Å². The number of methoxy groups -OCH3 is 1. The Labute approximate surface area is 124 Å². The molecule has 1 heterocycles. The molecule has 2 N–H and O–H groups in total. The van der Waals surface area contributed by atoms with Gasteiger partial charge in [-0.2, -0.15) is 5.26 Å². The van der Waals surface area contributed by atoms with Crippen LogP contribution in [-0.2, 0) is 6.42 Å². The summed E-state index contributed by atoms with van der Waals surface area (Å²) < 4.78 is 5.38. The second-order valence-electron chi connectivity index (χ2n) is 4.78. The van der Waals surface area contributed by atoms with E-state index in [1.54, 1.807) is 25.3 Å². The van der Waals surface area contributed by atoms with Gasteiger partial charge in [-0.05, 0) is 31.5 Å². The van der Waals surface area contributed by atoms with Gasteiger partial charge in [-0.3, -0.25) is 0 Å². The fraction of sp³-hybridized carbons (Fsp3) is 0.312. The standard InChI is InChI=1S/C16H18N4O/c1-4-5-14-19-15(10(2)16(18)20-14)12-8-11(9-17)6-7-13(12)21-3/h6-8H,4-5H2,1-3H3,(H2,18,19,20). The number of hydrogen-bond acceptors (Lipinski definition) is 5. The first-order valence-corrected chi connectivity index (χ1v) is 6.82. The molecule has 0 aliphatic rings. The van der Waals surface area contributed by atoms with Crippen LogP contribution in [0.3, 0.4) is 0 Å². The van der Waals surface area contributed by atoms with Crippen molar-refractivity contribution in [3.63, 3.8) is 0 Å². The molecule has 0 aliphatic carbocycles. The fourth-order valence-corrected chi connectivity index (χ4v) is 2.14. The van der Waals surface area contributed by atoms with E-state index in [1.165, 1.54) is 0 Å². The molecule has 0 spiro atoms. The number of nitrogen functional groups attached to an aromatic ring is 1. The summed E-state index contributed by atoms with van der Waals surface area (Å²) >= 11 is 0. The van der Waals surface area contributed by atoms with Crippen LogP contribution in [0.1, 0.15) is 30.3 Å². The molecule has 1 aromatic heterocycles. The molecule has 0 fully saturated rings. The van der Waals surface area contributed by atoms with Crippen molar-refractivity contribution >= 4 is 5.82 Å². The van der Waals surface area contributed by atoms with E-state index in [0.29, 0.717) is 23.0 Å². The van der Waals surface area contributed by atoms with E-state index in [-0.39, 0.29) is 0 Å². The average molecular weight is 282 g/mol. The van der Waals surface area contributed by atoms with Gasteiger partial charge in [-0.1, -0.05) is 6.92 Å². The number of hydrogen-bond donors (Lipinski definition) is 1. The summed E-state index contributed by atoms with van der Waals surface area (Å²) in [4.78, 5) is 8.90. The highest BCUT2D eigenvalue weighted by Crippen LogP contribution is 2.33. The van der Waals surface area contributed by atoms with E-state index < -0.39 is 0 Å². The van der Waals surface area contributed by atoms with Crippen molar-refractivity contribution in [2.75, 3.05) is 12.8 Å². The lowest BCUT2D eigenvalue weighted by atomic mass is 10.0. The number of aryl methyl sites for hydroxylation is 1. The molecule has 0 saturated heterocycles. The van der Waals surface area contributed by atoms with Crippen LogP contribution in [0.4, 0.5) is 5.82 Å². The molecule has 21 heavy (non-hydrogen) atoms. The zero-order valence-electron chi connectivity index (χ0n) is 12.5. The Hall–Kier alpha value is -2.61. The van der Waals surface area contributed by atoms with Gasteiger partial charge in [0.25, 0.3) is 0 Å².